The van der Waals surface area contributed by atoms with Crippen molar-refractivity contribution in [2.24, 2.45) is 5.73 Å². The molecule has 2 rings (SSSR count). The quantitative estimate of drug-likeness (QED) is 0.881. The Morgan fingerprint density at radius 2 is 2.24 bits per heavy atom. The molecule has 0 fully saturated rings. The highest BCUT2D eigenvalue weighted by molar-refractivity contribution is 9.10. The van der Waals surface area contributed by atoms with E-state index in [1.165, 1.54) is 0 Å². The summed E-state index contributed by atoms with van der Waals surface area (Å²) >= 11 is 8.34. The Labute approximate surface area is 113 Å². The van der Waals surface area contributed by atoms with Gasteiger partial charge in [-0.05, 0) is 30.3 Å². The molecule has 2 aromatic rings. The summed E-state index contributed by atoms with van der Waals surface area (Å²) in [6.45, 7) is 0.346. The third-order valence-electron chi connectivity index (χ3n) is 2.16. The van der Waals surface area contributed by atoms with Crippen LogP contribution in [0.3, 0.4) is 0 Å². The second kappa shape index (κ2) is 5.33. The summed E-state index contributed by atoms with van der Waals surface area (Å²) in [5, 5.41) is 0. The number of furan rings is 1. The first-order valence-electron chi connectivity index (χ1n) is 4.91. The molecule has 0 atom stereocenters. The van der Waals surface area contributed by atoms with Gasteiger partial charge >= 0.3 is 0 Å². The van der Waals surface area contributed by atoms with Gasteiger partial charge in [-0.1, -0.05) is 28.1 Å². The van der Waals surface area contributed by atoms with E-state index in [0.29, 0.717) is 17.3 Å². The third-order valence-corrected chi connectivity index (χ3v) is 2.87. The lowest BCUT2D eigenvalue weighted by Crippen LogP contribution is -2.11. The third kappa shape index (κ3) is 3.08. The number of thiocarbonyl (C=S) groups is 1. The van der Waals surface area contributed by atoms with Gasteiger partial charge < -0.3 is 14.9 Å². The van der Waals surface area contributed by atoms with Gasteiger partial charge in [-0.2, -0.15) is 0 Å². The van der Waals surface area contributed by atoms with Crippen molar-refractivity contribution in [1.29, 1.82) is 0 Å². The zero-order chi connectivity index (χ0) is 12.3. The first kappa shape index (κ1) is 12.1. The van der Waals surface area contributed by atoms with Gasteiger partial charge in [0, 0.05) is 4.47 Å². The normalized spacial score (nSPS) is 10.2. The Morgan fingerprint density at radius 3 is 2.88 bits per heavy atom. The molecule has 0 bridgehead atoms. The van der Waals surface area contributed by atoms with Crippen LogP contribution in [0, 0.1) is 0 Å². The Balaban J connectivity index is 2.19. The van der Waals surface area contributed by atoms with Gasteiger partial charge in [-0.15, -0.1) is 0 Å². The monoisotopic (exact) mass is 311 g/mol. The van der Waals surface area contributed by atoms with Crippen LogP contribution in [0.1, 0.15) is 11.3 Å². The lowest BCUT2D eigenvalue weighted by atomic mass is 10.2. The molecule has 88 valence electrons. The summed E-state index contributed by atoms with van der Waals surface area (Å²) in [6, 6.07) is 9.18. The molecule has 0 aliphatic rings. The molecule has 0 radical (unpaired) electrons. The van der Waals surface area contributed by atoms with E-state index in [-0.39, 0.29) is 0 Å². The lowest BCUT2D eigenvalue weighted by molar-refractivity contribution is 0.270. The van der Waals surface area contributed by atoms with Crippen molar-refractivity contribution in [3.8, 4) is 5.75 Å². The maximum absolute atomic E-state index is 5.63. The van der Waals surface area contributed by atoms with Crippen molar-refractivity contribution in [3.05, 3.63) is 52.4 Å². The molecule has 0 aliphatic heterocycles. The minimum atomic E-state index is 0.312. The van der Waals surface area contributed by atoms with Crippen molar-refractivity contribution in [3.63, 3.8) is 0 Å². The van der Waals surface area contributed by atoms with E-state index in [4.69, 9.17) is 27.1 Å². The summed E-state index contributed by atoms with van der Waals surface area (Å²) in [5.74, 6) is 1.39. The fourth-order valence-corrected chi connectivity index (χ4v) is 1.87. The van der Waals surface area contributed by atoms with E-state index < -0.39 is 0 Å². The Hall–Kier alpha value is -1.33. The van der Waals surface area contributed by atoms with Crippen LogP contribution in [0.4, 0.5) is 0 Å². The Kier molecular flexibility index (Phi) is 3.81. The van der Waals surface area contributed by atoms with Crippen LogP contribution in [0.25, 0.3) is 0 Å². The van der Waals surface area contributed by atoms with Crippen molar-refractivity contribution < 1.29 is 9.15 Å². The van der Waals surface area contributed by atoms with Gasteiger partial charge in [0.05, 0.1) is 11.8 Å². The van der Waals surface area contributed by atoms with Crippen LogP contribution in [-0.4, -0.2) is 4.99 Å². The van der Waals surface area contributed by atoms with Crippen molar-refractivity contribution in [2.45, 2.75) is 6.61 Å². The highest BCUT2D eigenvalue weighted by Crippen LogP contribution is 2.24. The average Bonchev–Trinajstić information content (AvgIpc) is 2.78. The van der Waals surface area contributed by atoms with Crippen molar-refractivity contribution >= 4 is 33.1 Å². The fourth-order valence-electron chi connectivity index (χ4n) is 1.36. The molecule has 1 aromatic heterocycles. The van der Waals surface area contributed by atoms with Gasteiger partial charge in [-0.25, -0.2) is 0 Å². The zero-order valence-electron chi connectivity index (χ0n) is 8.85. The smallest absolute Gasteiger partial charge is 0.146 e. The molecule has 0 spiro atoms. The van der Waals surface area contributed by atoms with E-state index in [2.05, 4.69) is 15.9 Å². The molecule has 1 heterocycles. The van der Waals surface area contributed by atoms with Crippen molar-refractivity contribution in [2.75, 3.05) is 0 Å². The fraction of sp³-hybridized carbons (Fsp3) is 0.0833. The van der Waals surface area contributed by atoms with E-state index in [0.717, 1.165) is 15.8 Å². The summed E-state index contributed by atoms with van der Waals surface area (Å²) in [4.78, 5) is 0.312. The number of rotatable bonds is 4. The number of hydrogen-bond acceptors (Lipinski definition) is 3. The van der Waals surface area contributed by atoms with Crippen molar-refractivity contribution in [1.82, 2.24) is 0 Å². The molecule has 17 heavy (non-hydrogen) atoms. The van der Waals surface area contributed by atoms with Gasteiger partial charge in [-0.3, -0.25) is 0 Å². The number of nitrogens with two attached hydrogens (primary N) is 1. The number of halogens is 1. The maximum atomic E-state index is 5.63. The minimum absolute atomic E-state index is 0.312. The topological polar surface area (TPSA) is 48.4 Å². The molecule has 2 N–H and O–H groups in total. The average molecular weight is 312 g/mol. The van der Waals surface area contributed by atoms with Gasteiger partial charge in [0.25, 0.3) is 0 Å². The zero-order valence-corrected chi connectivity index (χ0v) is 11.3. The molecule has 0 unspecified atom stereocenters. The first-order chi connectivity index (χ1) is 8.16. The predicted molar refractivity (Wildman–Crippen MR) is 73.1 cm³/mol. The first-order valence-corrected chi connectivity index (χ1v) is 6.11. The minimum Gasteiger partial charge on any atom is -0.485 e. The lowest BCUT2D eigenvalue weighted by Gasteiger charge is -2.09. The van der Waals surface area contributed by atoms with Crippen LogP contribution < -0.4 is 10.5 Å². The Morgan fingerprint density at radius 1 is 1.41 bits per heavy atom. The van der Waals surface area contributed by atoms with Crippen LogP contribution in [0.15, 0.2) is 45.5 Å². The standard InChI is InChI=1S/C12H10BrNO2S/c13-8-3-4-10(12(14)17)11(6-8)16-7-9-2-1-5-15-9/h1-6H,7H2,(H2,14,17). The van der Waals surface area contributed by atoms with Gasteiger partial charge in [0.2, 0.25) is 0 Å². The Bertz CT molecular complexity index is 525. The van der Waals surface area contributed by atoms with Gasteiger partial charge in [0.1, 0.15) is 23.1 Å². The highest BCUT2D eigenvalue weighted by atomic mass is 79.9. The molecular formula is C12H10BrNO2S. The molecule has 0 aliphatic carbocycles. The highest BCUT2D eigenvalue weighted by Gasteiger charge is 2.08. The molecular weight excluding hydrogens is 302 g/mol. The summed E-state index contributed by atoms with van der Waals surface area (Å²) in [6.07, 6.45) is 1.61. The van der Waals surface area contributed by atoms with E-state index in [1.807, 2.05) is 30.3 Å². The summed E-state index contributed by atoms with van der Waals surface area (Å²) in [5.41, 5.74) is 6.34. The molecule has 5 heteroatoms. The van der Waals surface area contributed by atoms with E-state index in [9.17, 15) is 0 Å². The second-order valence-electron chi connectivity index (χ2n) is 3.37. The van der Waals surface area contributed by atoms with Gasteiger partial charge in [0.15, 0.2) is 0 Å². The molecule has 3 nitrogen and oxygen atoms in total. The van der Waals surface area contributed by atoms with Crippen LogP contribution in [0.5, 0.6) is 5.75 Å². The number of hydrogen-bond donors (Lipinski definition) is 1. The summed E-state index contributed by atoms with van der Waals surface area (Å²) in [7, 11) is 0. The molecule has 0 amide bonds. The number of ether oxygens (including phenoxy) is 1. The second-order valence-corrected chi connectivity index (χ2v) is 4.73. The van der Waals surface area contributed by atoms with Crippen LogP contribution >= 0.6 is 28.1 Å². The van der Waals surface area contributed by atoms with E-state index in [1.54, 1.807) is 6.26 Å². The predicted octanol–water partition coefficient (Wildman–Crippen LogP) is 3.26. The SMILES string of the molecule is NC(=S)c1ccc(Br)cc1OCc1ccco1. The van der Waals surface area contributed by atoms with Crippen LogP contribution in [-0.2, 0) is 6.61 Å². The van der Waals surface area contributed by atoms with E-state index >= 15 is 0 Å². The molecule has 0 saturated carbocycles. The largest absolute Gasteiger partial charge is 0.485 e. The number of benzene rings is 1. The van der Waals surface area contributed by atoms with Crippen LogP contribution in [0.2, 0.25) is 0 Å². The molecule has 0 saturated heterocycles. The molecule has 1 aromatic carbocycles. The summed E-state index contributed by atoms with van der Waals surface area (Å²) < 4.78 is 11.7. The maximum Gasteiger partial charge on any atom is 0.146 e.